The lowest BCUT2D eigenvalue weighted by Gasteiger charge is -2.17. The molecule has 0 bridgehead atoms. The molecule has 4 rings (SSSR count). The molecule has 3 aromatic heterocycles. The van der Waals surface area contributed by atoms with Crippen molar-refractivity contribution in [3.8, 4) is 6.07 Å². The number of rotatable bonds is 3. The molecule has 0 saturated carbocycles. The number of aromatic nitrogens is 3. The Kier molecular flexibility index (Phi) is 3.78. The van der Waals surface area contributed by atoms with Crippen molar-refractivity contribution >= 4 is 22.8 Å². The highest BCUT2D eigenvalue weighted by Gasteiger charge is 2.17. The third-order valence-corrected chi connectivity index (χ3v) is 4.36. The second-order valence-corrected chi connectivity index (χ2v) is 5.97. The predicted octanol–water partition coefficient (Wildman–Crippen LogP) is 2.45. The maximum absolute atomic E-state index is 12.6. The number of hydrogen-bond acceptors (Lipinski definition) is 5. The molecular weight excluding hydrogens is 316 g/mol. The number of pyridine rings is 2. The molecule has 25 heavy (non-hydrogen) atoms. The maximum Gasteiger partial charge on any atom is 0.259 e. The Labute approximate surface area is 144 Å². The fourth-order valence-corrected chi connectivity index (χ4v) is 3.05. The lowest BCUT2D eigenvalue weighted by Crippen LogP contribution is -2.18. The Balaban J connectivity index is 1.62. The van der Waals surface area contributed by atoms with Gasteiger partial charge >= 0.3 is 0 Å². The Hall–Kier alpha value is -3.40. The van der Waals surface area contributed by atoms with E-state index < -0.39 is 0 Å². The number of anilines is 2. The summed E-state index contributed by atoms with van der Waals surface area (Å²) in [6.07, 6.45) is 7.31. The van der Waals surface area contributed by atoms with Crippen molar-refractivity contribution in [2.75, 3.05) is 23.3 Å². The van der Waals surface area contributed by atoms with Crippen LogP contribution in [0.1, 0.15) is 28.9 Å². The van der Waals surface area contributed by atoms with E-state index in [0.717, 1.165) is 24.3 Å². The highest BCUT2D eigenvalue weighted by Crippen LogP contribution is 2.23. The van der Waals surface area contributed by atoms with E-state index >= 15 is 0 Å². The number of carbonyl (C=O) groups is 1. The number of carbonyl (C=O) groups excluding carboxylic acids is 1. The van der Waals surface area contributed by atoms with Crippen molar-refractivity contribution < 1.29 is 4.79 Å². The van der Waals surface area contributed by atoms with Crippen molar-refractivity contribution in [1.29, 1.82) is 5.26 Å². The topological polar surface area (TPSA) is 86.3 Å². The summed E-state index contributed by atoms with van der Waals surface area (Å²) in [5, 5.41) is 15.8. The summed E-state index contributed by atoms with van der Waals surface area (Å²) in [7, 11) is 0. The van der Waals surface area contributed by atoms with Crippen LogP contribution in [0.3, 0.4) is 0 Å². The van der Waals surface area contributed by atoms with Gasteiger partial charge in [0.05, 0.1) is 29.2 Å². The molecule has 124 valence electrons. The summed E-state index contributed by atoms with van der Waals surface area (Å²) in [6, 6.07) is 9.20. The van der Waals surface area contributed by atoms with Gasteiger partial charge < -0.3 is 10.2 Å². The second kappa shape index (κ2) is 6.24. The van der Waals surface area contributed by atoms with Crippen LogP contribution in [0.5, 0.6) is 0 Å². The van der Waals surface area contributed by atoms with Gasteiger partial charge in [0.15, 0.2) is 0 Å². The van der Waals surface area contributed by atoms with Gasteiger partial charge in [-0.25, -0.2) is 9.50 Å². The zero-order valence-corrected chi connectivity index (χ0v) is 13.5. The maximum atomic E-state index is 12.6. The van der Waals surface area contributed by atoms with Gasteiger partial charge in [0.25, 0.3) is 5.91 Å². The summed E-state index contributed by atoms with van der Waals surface area (Å²) in [5.74, 6) is -0.250. The van der Waals surface area contributed by atoms with E-state index in [1.165, 1.54) is 19.0 Å². The Morgan fingerprint density at radius 1 is 1.20 bits per heavy atom. The van der Waals surface area contributed by atoms with Gasteiger partial charge in [0, 0.05) is 25.0 Å². The molecule has 0 aromatic carbocycles. The predicted molar refractivity (Wildman–Crippen MR) is 93.5 cm³/mol. The largest absolute Gasteiger partial charge is 0.371 e. The summed E-state index contributed by atoms with van der Waals surface area (Å²) in [5.41, 5.74) is 3.23. The van der Waals surface area contributed by atoms with E-state index in [0.29, 0.717) is 16.9 Å². The normalized spacial score (nSPS) is 13.8. The molecule has 1 aliphatic heterocycles. The van der Waals surface area contributed by atoms with Gasteiger partial charge in [-0.3, -0.25) is 4.79 Å². The van der Waals surface area contributed by atoms with Crippen LogP contribution >= 0.6 is 0 Å². The minimum absolute atomic E-state index is 0.250. The number of amides is 1. The first-order chi connectivity index (χ1) is 12.2. The molecule has 1 amide bonds. The van der Waals surface area contributed by atoms with Crippen molar-refractivity contribution in [3.05, 3.63) is 54.1 Å². The molecule has 7 nitrogen and oxygen atoms in total. The van der Waals surface area contributed by atoms with Crippen LogP contribution in [0.4, 0.5) is 11.4 Å². The minimum atomic E-state index is -0.250. The SMILES string of the molecule is N#Cc1ccc(NC(=O)c2cnn3ccc(N4CCCC4)cc23)cn1. The smallest absolute Gasteiger partial charge is 0.259 e. The van der Waals surface area contributed by atoms with Crippen LogP contribution in [-0.4, -0.2) is 33.6 Å². The molecule has 0 spiro atoms. The van der Waals surface area contributed by atoms with Crippen molar-refractivity contribution in [3.63, 3.8) is 0 Å². The van der Waals surface area contributed by atoms with Gasteiger partial charge in [-0.05, 0) is 37.1 Å². The molecular formula is C18H16N6O. The van der Waals surface area contributed by atoms with Crippen molar-refractivity contribution in [2.24, 2.45) is 0 Å². The third kappa shape index (κ3) is 2.90. The lowest BCUT2D eigenvalue weighted by atomic mass is 10.2. The van der Waals surface area contributed by atoms with Crippen LogP contribution < -0.4 is 10.2 Å². The molecule has 1 saturated heterocycles. The number of nitrogens with one attached hydrogen (secondary N) is 1. The molecule has 1 aliphatic rings. The number of nitrogens with zero attached hydrogens (tertiary/aromatic N) is 5. The molecule has 4 heterocycles. The molecule has 0 aliphatic carbocycles. The quantitative estimate of drug-likeness (QED) is 0.796. The molecule has 0 atom stereocenters. The Bertz CT molecular complexity index is 963. The molecule has 7 heteroatoms. The zero-order chi connectivity index (χ0) is 17.2. The van der Waals surface area contributed by atoms with E-state index in [1.54, 1.807) is 22.8 Å². The van der Waals surface area contributed by atoms with Gasteiger partial charge in [-0.1, -0.05) is 0 Å². The van der Waals surface area contributed by atoms with E-state index in [9.17, 15) is 4.79 Å². The van der Waals surface area contributed by atoms with Crippen molar-refractivity contribution in [1.82, 2.24) is 14.6 Å². The first kappa shape index (κ1) is 15.1. The van der Waals surface area contributed by atoms with Crippen LogP contribution in [0.25, 0.3) is 5.52 Å². The highest BCUT2D eigenvalue weighted by atomic mass is 16.1. The van der Waals surface area contributed by atoms with Crippen LogP contribution in [0.15, 0.2) is 42.9 Å². The van der Waals surface area contributed by atoms with Gasteiger partial charge in [-0.2, -0.15) is 10.4 Å². The number of nitriles is 1. The number of hydrogen-bond donors (Lipinski definition) is 1. The number of fused-ring (bicyclic) bond motifs is 1. The fourth-order valence-electron chi connectivity index (χ4n) is 3.05. The molecule has 0 radical (unpaired) electrons. The fraction of sp³-hybridized carbons (Fsp3) is 0.222. The van der Waals surface area contributed by atoms with Crippen LogP contribution in [0.2, 0.25) is 0 Å². The van der Waals surface area contributed by atoms with E-state index in [-0.39, 0.29) is 5.91 Å². The highest BCUT2D eigenvalue weighted by molar-refractivity contribution is 6.09. The van der Waals surface area contributed by atoms with Gasteiger partial charge in [0.1, 0.15) is 11.8 Å². The Morgan fingerprint density at radius 2 is 2.04 bits per heavy atom. The molecule has 0 unspecified atom stereocenters. The summed E-state index contributed by atoms with van der Waals surface area (Å²) < 4.78 is 1.70. The average Bonchev–Trinajstić information content (AvgIpc) is 3.31. The van der Waals surface area contributed by atoms with Crippen LogP contribution in [-0.2, 0) is 0 Å². The van der Waals surface area contributed by atoms with Gasteiger partial charge in [-0.15, -0.1) is 0 Å². The Morgan fingerprint density at radius 3 is 2.76 bits per heavy atom. The van der Waals surface area contributed by atoms with E-state index in [4.69, 9.17) is 5.26 Å². The standard InChI is InChI=1S/C18H16N6O/c19-10-13-3-4-14(11-20-13)22-18(25)16-12-21-24-8-5-15(9-17(16)24)23-6-1-2-7-23/h3-5,8-9,11-12H,1-2,6-7H2,(H,22,25). The lowest BCUT2D eigenvalue weighted by molar-refractivity contribution is 0.102. The van der Waals surface area contributed by atoms with Gasteiger partial charge in [0.2, 0.25) is 0 Å². The summed E-state index contributed by atoms with van der Waals surface area (Å²) >= 11 is 0. The molecule has 3 aromatic rings. The minimum Gasteiger partial charge on any atom is -0.371 e. The molecule has 1 fully saturated rings. The van der Waals surface area contributed by atoms with E-state index in [1.807, 2.05) is 24.4 Å². The van der Waals surface area contributed by atoms with Crippen molar-refractivity contribution in [2.45, 2.75) is 12.8 Å². The zero-order valence-electron chi connectivity index (χ0n) is 13.5. The van der Waals surface area contributed by atoms with E-state index in [2.05, 4.69) is 20.3 Å². The third-order valence-electron chi connectivity index (χ3n) is 4.36. The van der Waals surface area contributed by atoms with Crippen LogP contribution in [0, 0.1) is 11.3 Å². The first-order valence-electron chi connectivity index (χ1n) is 8.14. The average molecular weight is 332 g/mol. The molecule has 1 N–H and O–H groups in total. The second-order valence-electron chi connectivity index (χ2n) is 5.97. The summed E-state index contributed by atoms with van der Waals surface area (Å²) in [4.78, 5) is 18.9. The summed E-state index contributed by atoms with van der Waals surface area (Å²) in [6.45, 7) is 2.09. The monoisotopic (exact) mass is 332 g/mol. The first-order valence-corrected chi connectivity index (χ1v) is 8.14.